The second kappa shape index (κ2) is 9.74. The maximum absolute atomic E-state index is 12.5. The molecule has 2 atom stereocenters. The Morgan fingerprint density at radius 2 is 1.88 bits per heavy atom. The highest BCUT2D eigenvalue weighted by molar-refractivity contribution is 6.01. The molecular formula is C24H23N5O3. The van der Waals surface area contributed by atoms with Gasteiger partial charge in [0, 0.05) is 30.1 Å². The van der Waals surface area contributed by atoms with Gasteiger partial charge >= 0.3 is 0 Å². The quantitative estimate of drug-likeness (QED) is 0.230. The van der Waals surface area contributed by atoms with Gasteiger partial charge in [-0.05, 0) is 35.4 Å². The number of rotatable bonds is 7. The van der Waals surface area contributed by atoms with Crippen molar-refractivity contribution in [3.63, 3.8) is 0 Å². The molecule has 162 valence electrons. The molecular weight excluding hydrogens is 406 g/mol. The molecule has 4 rings (SSSR count). The van der Waals surface area contributed by atoms with Gasteiger partial charge in [0.1, 0.15) is 6.10 Å². The molecule has 8 nitrogen and oxygen atoms in total. The van der Waals surface area contributed by atoms with Crippen molar-refractivity contribution in [1.29, 1.82) is 0 Å². The fraction of sp³-hybridized carbons (Fsp3) is 0.167. The van der Waals surface area contributed by atoms with Crippen molar-refractivity contribution in [1.82, 2.24) is 4.98 Å². The van der Waals surface area contributed by atoms with Gasteiger partial charge in [0.05, 0.1) is 18.1 Å². The van der Waals surface area contributed by atoms with Crippen molar-refractivity contribution in [3.05, 3.63) is 95.8 Å². The van der Waals surface area contributed by atoms with Crippen LogP contribution in [0.15, 0.2) is 89.4 Å². The normalized spacial score (nSPS) is 16.7. The number of nitrogens with zero attached hydrogens (tertiary/aromatic N) is 3. The lowest BCUT2D eigenvalue weighted by molar-refractivity contribution is -0.118. The molecule has 0 saturated heterocycles. The topological polar surface area (TPSA) is 122 Å². The van der Waals surface area contributed by atoms with Crippen LogP contribution >= 0.6 is 0 Å². The summed E-state index contributed by atoms with van der Waals surface area (Å²) >= 11 is 0. The highest BCUT2D eigenvalue weighted by Gasteiger charge is 2.25. The Hall–Kier alpha value is -4.20. The van der Waals surface area contributed by atoms with Gasteiger partial charge in [0.2, 0.25) is 5.91 Å². The molecule has 0 spiro atoms. The van der Waals surface area contributed by atoms with Crippen molar-refractivity contribution in [3.8, 4) is 0 Å². The Balaban J connectivity index is 1.37. The van der Waals surface area contributed by atoms with E-state index in [2.05, 4.69) is 20.6 Å². The minimum absolute atomic E-state index is 0.0933. The van der Waals surface area contributed by atoms with Gasteiger partial charge in [-0.3, -0.25) is 9.78 Å². The number of hydrogen-bond acceptors (Lipinski definition) is 6. The summed E-state index contributed by atoms with van der Waals surface area (Å²) in [5, 5.41) is 19.4. The Morgan fingerprint density at radius 3 is 2.56 bits per heavy atom. The Kier molecular flexibility index (Phi) is 6.41. The number of amidine groups is 1. The number of benzene rings is 2. The average molecular weight is 429 g/mol. The fourth-order valence-corrected chi connectivity index (χ4v) is 3.66. The molecule has 2 unspecified atom stereocenters. The summed E-state index contributed by atoms with van der Waals surface area (Å²) in [6, 6.07) is 20.6. The van der Waals surface area contributed by atoms with Crippen LogP contribution in [-0.2, 0) is 9.63 Å². The number of hydrogen-bond donors (Lipinski definition) is 3. The van der Waals surface area contributed by atoms with E-state index in [1.807, 2.05) is 54.6 Å². The van der Waals surface area contributed by atoms with E-state index in [0.717, 1.165) is 22.4 Å². The summed E-state index contributed by atoms with van der Waals surface area (Å²) < 4.78 is 0. The summed E-state index contributed by atoms with van der Waals surface area (Å²) in [6.07, 6.45) is 3.85. The molecule has 32 heavy (non-hydrogen) atoms. The summed E-state index contributed by atoms with van der Waals surface area (Å²) in [6.45, 7) is 0. The number of pyridine rings is 1. The molecule has 2 heterocycles. The van der Waals surface area contributed by atoms with E-state index < -0.39 is 0 Å². The molecule has 1 aliphatic rings. The first-order chi connectivity index (χ1) is 15.6. The molecule has 3 aromatic rings. The van der Waals surface area contributed by atoms with Crippen molar-refractivity contribution in [2.45, 2.75) is 24.9 Å². The van der Waals surface area contributed by atoms with Gasteiger partial charge in [-0.25, -0.2) is 0 Å². The summed E-state index contributed by atoms with van der Waals surface area (Å²) in [5.74, 6) is -0.460. The largest absolute Gasteiger partial charge is 0.409 e. The van der Waals surface area contributed by atoms with E-state index in [-0.39, 0.29) is 30.2 Å². The zero-order valence-corrected chi connectivity index (χ0v) is 17.3. The third-order valence-electron chi connectivity index (χ3n) is 5.21. The number of aromatic nitrogens is 1. The smallest absolute Gasteiger partial charge is 0.228 e. The molecule has 1 aliphatic heterocycles. The van der Waals surface area contributed by atoms with Gasteiger partial charge in [0.15, 0.2) is 5.84 Å². The zero-order valence-electron chi connectivity index (χ0n) is 17.3. The SMILES string of the molecule is NC(=NO)C(c1ccccc1)c1ccc(NC(=O)CC2CC(c3cccnc3)=NO2)cc1. The van der Waals surface area contributed by atoms with Crippen LogP contribution in [0.3, 0.4) is 0 Å². The number of nitrogens with two attached hydrogens (primary N) is 1. The van der Waals surface area contributed by atoms with Gasteiger partial charge in [-0.2, -0.15) is 0 Å². The van der Waals surface area contributed by atoms with E-state index >= 15 is 0 Å². The van der Waals surface area contributed by atoms with Crippen LogP contribution < -0.4 is 11.1 Å². The van der Waals surface area contributed by atoms with E-state index in [1.54, 1.807) is 24.5 Å². The molecule has 0 fully saturated rings. The molecule has 0 bridgehead atoms. The van der Waals surface area contributed by atoms with Crippen LogP contribution in [0.5, 0.6) is 0 Å². The highest BCUT2D eigenvalue weighted by atomic mass is 16.6. The monoisotopic (exact) mass is 429 g/mol. The van der Waals surface area contributed by atoms with Gasteiger partial charge in [-0.1, -0.05) is 52.8 Å². The molecule has 4 N–H and O–H groups in total. The van der Waals surface area contributed by atoms with Gasteiger partial charge in [-0.15, -0.1) is 0 Å². The van der Waals surface area contributed by atoms with Crippen molar-refractivity contribution < 1.29 is 14.8 Å². The van der Waals surface area contributed by atoms with Gasteiger partial charge in [0.25, 0.3) is 0 Å². The number of oxime groups is 2. The number of carbonyl (C=O) groups excluding carboxylic acids is 1. The third kappa shape index (κ3) is 4.92. The van der Waals surface area contributed by atoms with Crippen molar-refractivity contribution >= 4 is 23.1 Å². The average Bonchev–Trinajstić information content (AvgIpc) is 3.30. The lowest BCUT2D eigenvalue weighted by Crippen LogP contribution is -2.23. The first kappa shape index (κ1) is 21.0. The maximum Gasteiger partial charge on any atom is 0.228 e. The second-order valence-corrected chi connectivity index (χ2v) is 7.45. The van der Waals surface area contributed by atoms with E-state index in [0.29, 0.717) is 12.1 Å². The zero-order chi connectivity index (χ0) is 22.3. The third-order valence-corrected chi connectivity index (χ3v) is 5.21. The predicted molar refractivity (Wildman–Crippen MR) is 122 cm³/mol. The second-order valence-electron chi connectivity index (χ2n) is 7.45. The number of anilines is 1. The van der Waals surface area contributed by atoms with E-state index in [1.165, 1.54) is 0 Å². The fourth-order valence-electron chi connectivity index (χ4n) is 3.66. The Labute approximate surface area is 185 Å². The van der Waals surface area contributed by atoms with Crippen LogP contribution in [0.2, 0.25) is 0 Å². The number of carbonyl (C=O) groups is 1. The van der Waals surface area contributed by atoms with E-state index in [9.17, 15) is 10.0 Å². The Bertz CT molecular complexity index is 1120. The summed E-state index contributed by atoms with van der Waals surface area (Å²) in [5.41, 5.74) is 10.0. The van der Waals surface area contributed by atoms with Crippen LogP contribution in [0, 0.1) is 0 Å². The van der Waals surface area contributed by atoms with Gasteiger partial charge < -0.3 is 21.1 Å². The van der Waals surface area contributed by atoms with Crippen molar-refractivity contribution in [2.24, 2.45) is 16.0 Å². The molecule has 1 amide bonds. The van der Waals surface area contributed by atoms with Crippen LogP contribution in [0.1, 0.15) is 35.4 Å². The predicted octanol–water partition coefficient (Wildman–Crippen LogP) is 3.48. The lowest BCUT2D eigenvalue weighted by Gasteiger charge is -2.17. The minimum Gasteiger partial charge on any atom is -0.409 e. The number of amides is 1. The van der Waals surface area contributed by atoms with Crippen molar-refractivity contribution in [2.75, 3.05) is 5.32 Å². The summed E-state index contributed by atoms with van der Waals surface area (Å²) in [7, 11) is 0. The van der Waals surface area contributed by atoms with E-state index in [4.69, 9.17) is 10.6 Å². The molecule has 0 radical (unpaired) electrons. The molecule has 0 aliphatic carbocycles. The molecule has 1 aromatic heterocycles. The summed E-state index contributed by atoms with van der Waals surface area (Å²) in [4.78, 5) is 22.0. The molecule has 0 saturated carbocycles. The van der Waals surface area contributed by atoms with Crippen LogP contribution in [0.4, 0.5) is 5.69 Å². The highest BCUT2D eigenvalue weighted by Crippen LogP contribution is 2.26. The number of nitrogens with one attached hydrogen (secondary N) is 1. The minimum atomic E-state index is -0.388. The first-order valence-corrected chi connectivity index (χ1v) is 10.2. The first-order valence-electron chi connectivity index (χ1n) is 10.2. The molecule has 2 aromatic carbocycles. The standard InChI is InChI=1S/C24H23N5O3/c25-24(28-31)23(16-5-2-1-3-6-16)17-8-10-19(11-9-17)27-22(30)14-20-13-21(29-32-20)18-7-4-12-26-15-18/h1-12,15,20,23,31H,13-14H2,(H2,25,28)(H,27,30). The Morgan fingerprint density at radius 1 is 1.12 bits per heavy atom. The lowest BCUT2D eigenvalue weighted by atomic mass is 9.90. The van der Waals surface area contributed by atoms with Crippen LogP contribution in [0.25, 0.3) is 0 Å². The molecule has 8 heteroatoms. The maximum atomic E-state index is 12.5. The van der Waals surface area contributed by atoms with Crippen LogP contribution in [-0.4, -0.2) is 33.7 Å².